The molecule has 2 N–H and O–H groups in total. The number of carbonyl (C=O) groups is 2. The molecule has 1 rings (SSSR count). The number of urea groups is 1. The van der Waals surface area contributed by atoms with E-state index in [1.54, 1.807) is 0 Å². The summed E-state index contributed by atoms with van der Waals surface area (Å²) >= 11 is 5.53. The van der Waals surface area contributed by atoms with Crippen LogP contribution in [0.15, 0.2) is 24.3 Å². The minimum atomic E-state index is -0.715. The molecule has 1 unspecified atom stereocenters. The first kappa shape index (κ1) is 14.5. The third-order valence-electron chi connectivity index (χ3n) is 2.38. The molecule has 3 amide bonds. The van der Waals surface area contributed by atoms with Crippen molar-refractivity contribution in [3.8, 4) is 0 Å². The predicted octanol–water partition coefficient (Wildman–Crippen LogP) is 1.99. The van der Waals surface area contributed by atoms with Crippen LogP contribution in [0.2, 0.25) is 0 Å². The van der Waals surface area contributed by atoms with Crippen molar-refractivity contribution in [2.45, 2.75) is 25.6 Å². The Morgan fingerprint density at radius 1 is 1.39 bits per heavy atom. The SMILES string of the molecule is Cc1cccc(CCNC(=O)NC(=O)C(C)Cl)c1. The number of amides is 3. The Labute approximate surface area is 112 Å². The number of rotatable bonds is 4. The first-order valence-electron chi connectivity index (χ1n) is 5.77. The molecular formula is C13H17ClN2O2. The highest BCUT2D eigenvalue weighted by molar-refractivity contribution is 6.31. The van der Waals surface area contributed by atoms with Gasteiger partial charge in [-0.2, -0.15) is 0 Å². The summed E-state index contributed by atoms with van der Waals surface area (Å²) in [5, 5.41) is 4.05. The van der Waals surface area contributed by atoms with Crippen molar-refractivity contribution in [2.24, 2.45) is 0 Å². The Kier molecular flexibility index (Phi) is 5.65. The molecule has 0 bridgehead atoms. The van der Waals surface area contributed by atoms with Gasteiger partial charge in [-0.1, -0.05) is 29.8 Å². The number of halogens is 1. The van der Waals surface area contributed by atoms with Crippen molar-refractivity contribution in [1.29, 1.82) is 0 Å². The van der Waals surface area contributed by atoms with Crippen LogP contribution in [-0.4, -0.2) is 23.9 Å². The van der Waals surface area contributed by atoms with Gasteiger partial charge in [0.1, 0.15) is 5.38 Å². The van der Waals surface area contributed by atoms with Gasteiger partial charge in [0.25, 0.3) is 0 Å². The molecule has 0 aliphatic carbocycles. The largest absolute Gasteiger partial charge is 0.337 e. The summed E-state index contributed by atoms with van der Waals surface area (Å²) in [6.07, 6.45) is 0.722. The highest BCUT2D eigenvalue weighted by Gasteiger charge is 2.12. The number of imide groups is 1. The number of hydrogen-bond acceptors (Lipinski definition) is 2. The van der Waals surface area contributed by atoms with E-state index in [1.165, 1.54) is 12.5 Å². The molecule has 0 aromatic heterocycles. The van der Waals surface area contributed by atoms with Crippen LogP contribution in [0.5, 0.6) is 0 Å². The number of nitrogens with one attached hydrogen (secondary N) is 2. The average molecular weight is 269 g/mol. The van der Waals surface area contributed by atoms with Gasteiger partial charge in [-0.15, -0.1) is 11.6 Å². The van der Waals surface area contributed by atoms with Crippen molar-refractivity contribution in [3.05, 3.63) is 35.4 Å². The quantitative estimate of drug-likeness (QED) is 0.821. The number of benzene rings is 1. The lowest BCUT2D eigenvalue weighted by Gasteiger charge is -2.07. The topological polar surface area (TPSA) is 58.2 Å². The molecule has 5 heteroatoms. The molecule has 0 heterocycles. The zero-order chi connectivity index (χ0) is 13.5. The Bertz CT molecular complexity index is 433. The lowest BCUT2D eigenvalue weighted by Crippen LogP contribution is -2.42. The maximum atomic E-state index is 11.3. The van der Waals surface area contributed by atoms with E-state index in [0.717, 1.165) is 12.0 Å². The maximum Gasteiger partial charge on any atom is 0.321 e. The smallest absolute Gasteiger partial charge is 0.321 e. The molecule has 0 aliphatic rings. The van der Waals surface area contributed by atoms with Gasteiger partial charge in [0.15, 0.2) is 0 Å². The molecule has 0 spiro atoms. The van der Waals surface area contributed by atoms with Crippen molar-refractivity contribution in [1.82, 2.24) is 10.6 Å². The molecule has 0 radical (unpaired) electrons. The van der Waals surface area contributed by atoms with Crippen molar-refractivity contribution < 1.29 is 9.59 Å². The van der Waals surface area contributed by atoms with Crippen molar-refractivity contribution in [2.75, 3.05) is 6.54 Å². The lowest BCUT2D eigenvalue weighted by atomic mass is 10.1. The molecule has 1 aromatic rings. The standard InChI is InChI=1S/C13H17ClN2O2/c1-9-4-3-5-11(8-9)6-7-15-13(18)16-12(17)10(2)14/h3-5,8,10H,6-7H2,1-2H3,(H2,15,16,17,18). The lowest BCUT2D eigenvalue weighted by molar-refractivity contribution is -0.119. The zero-order valence-electron chi connectivity index (χ0n) is 10.5. The van der Waals surface area contributed by atoms with Crippen LogP contribution in [0.25, 0.3) is 0 Å². The average Bonchev–Trinajstić information content (AvgIpc) is 2.28. The fraction of sp³-hybridized carbons (Fsp3) is 0.385. The van der Waals surface area contributed by atoms with E-state index in [0.29, 0.717) is 6.54 Å². The fourth-order valence-corrected chi connectivity index (χ4v) is 1.50. The maximum absolute atomic E-state index is 11.3. The predicted molar refractivity (Wildman–Crippen MR) is 71.7 cm³/mol. The van der Waals surface area contributed by atoms with Crippen LogP contribution in [0, 0.1) is 6.92 Å². The minimum Gasteiger partial charge on any atom is -0.337 e. The molecule has 0 aliphatic heterocycles. The third kappa shape index (κ3) is 5.19. The van der Waals surface area contributed by atoms with E-state index in [1.807, 2.05) is 25.1 Å². The first-order chi connectivity index (χ1) is 8.49. The highest BCUT2D eigenvalue weighted by Crippen LogP contribution is 2.03. The van der Waals surface area contributed by atoms with Gasteiger partial charge < -0.3 is 5.32 Å². The summed E-state index contributed by atoms with van der Waals surface area (Å²) in [7, 11) is 0. The van der Waals surface area contributed by atoms with Crippen LogP contribution < -0.4 is 10.6 Å². The molecule has 4 nitrogen and oxygen atoms in total. The van der Waals surface area contributed by atoms with E-state index < -0.39 is 17.3 Å². The second kappa shape index (κ2) is 7.01. The van der Waals surface area contributed by atoms with Gasteiger partial charge in [-0.05, 0) is 25.8 Å². The Balaban J connectivity index is 2.30. The summed E-state index contributed by atoms with van der Waals surface area (Å²) in [5.41, 5.74) is 2.33. The number of alkyl halides is 1. The zero-order valence-corrected chi connectivity index (χ0v) is 11.3. The minimum absolute atomic E-state index is 0.471. The number of aryl methyl sites for hydroxylation is 1. The summed E-state index contributed by atoms with van der Waals surface area (Å²) < 4.78 is 0. The van der Waals surface area contributed by atoms with Crippen LogP contribution in [0.3, 0.4) is 0 Å². The molecular weight excluding hydrogens is 252 g/mol. The molecule has 98 valence electrons. The van der Waals surface area contributed by atoms with E-state index in [2.05, 4.69) is 16.7 Å². The van der Waals surface area contributed by atoms with Crippen molar-refractivity contribution >= 4 is 23.5 Å². The molecule has 0 saturated heterocycles. The number of hydrogen-bond donors (Lipinski definition) is 2. The van der Waals surface area contributed by atoms with Gasteiger partial charge in [0, 0.05) is 6.54 Å². The Morgan fingerprint density at radius 3 is 2.72 bits per heavy atom. The van der Waals surface area contributed by atoms with Crippen LogP contribution in [0.1, 0.15) is 18.1 Å². The van der Waals surface area contributed by atoms with Crippen LogP contribution in [-0.2, 0) is 11.2 Å². The number of carbonyl (C=O) groups excluding carboxylic acids is 2. The van der Waals surface area contributed by atoms with Gasteiger partial charge in [0.05, 0.1) is 0 Å². The van der Waals surface area contributed by atoms with Gasteiger partial charge in [-0.25, -0.2) is 4.79 Å². The molecule has 0 fully saturated rings. The van der Waals surface area contributed by atoms with Crippen LogP contribution in [0.4, 0.5) is 4.79 Å². The first-order valence-corrected chi connectivity index (χ1v) is 6.21. The summed E-state index contributed by atoms with van der Waals surface area (Å²) in [5.74, 6) is -0.496. The normalized spacial score (nSPS) is 11.7. The van der Waals surface area contributed by atoms with Crippen molar-refractivity contribution in [3.63, 3.8) is 0 Å². The molecule has 0 saturated carbocycles. The summed E-state index contributed by atoms with van der Waals surface area (Å²) in [6, 6.07) is 7.54. The summed E-state index contributed by atoms with van der Waals surface area (Å²) in [6.45, 7) is 4.00. The second-order valence-electron chi connectivity index (χ2n) is 4.10. The van der Waals surface area contributed by atoms with Crippen LogP contribution >= 0.6 is 11.6 Å². The van der Waals surface area contributed by atoms with Gasteiger partial charge >= 0.3 is 6.03 Å². The van der Waals surface area contributed by atoms with E-state index in [4.69, 9.17) is 11.6 Å². The van der Waals surface area contributed by atoms with Gasteiger partial charge in [-0.3, -0.25) is 10.1 Å². The highest BCUT2D eigenvalue weighted by atomic mass is 35.5. The van der Waals surface area contributed by atoms with E-state index in [-0.39, 0.29) is 0 Å². The second-order valence-corrected chi connectivity index (χ2v) is 4.75. The molecule has 18 heavy (non-hydrogen) atoms. The fourth-order valence-electron chi connectivity index (χ4n) is 1.44. The third-order valence-corrected chi connectivity index (χ3v) is 2.58. The van der Waals surface area contributed by atoms with E-state index in [9.17, 15) is 9.59 Å². The monoisotopic (exact) mass is 268 g/mol. The molecule has 1 atom stereocenters. The van der Waals surface area contributed by atoms with Gasteiger partial charge in [0.2, 0.25) is 5.91 Å². The summed E-state index contributed by atoms with van der Waals surface area (Å²) in [4.78, 5) is 22.4. The Hall–Kier alpha value is -1.55. The molecule has 1 aromatic carbocycles. The van der Waals surface area contributed by atoms with E-state index >= 15 is 0 Å². The Morgan fingerprint density at radius 2 is 2.11 bits per heavy atom.